The lowest BCUT2D eigenvalue weighted by Gasteiger charge is -2.08. The number of anilines is 1. The van der Waals surface area contributed by atoms with Crippen LogP contribution in [0, 0.1) is 0 Å². The monoisotopic (exact) mass is 242 g/mol. The van der Waals surface area contributed by atoms with E-state index in [9.17, 15) is 4.79 Å². The molecule has 2 N–H and O–H groups in total. The molecule has 0 aliphatic carbocycles. The highest BCUT2D eigenvalue weighted by atomic mass is 16.3. The molecule has 0 spiro atoms. The summed E-state index contributed by atoms with van der Waals surface area (Å²) in [4.78, 5) is 15.9. The zero-order chi connectivity index (χ0) is 12.8. The van der Waals surface area contributed by atoms with Crippen LogP contribution < -0.4 is 5.32 Å². The number of hydrogen-bond acceptors (Lipinski definition) is 3. The fourth-order valence-electron chi connectivity index (χ4n) is 1.64. The van der Waals surface area contributed by atoms with Crippen LogP contribution in [-0.2, 0) is 17.8 Å². The molecule has 0 saturated carbocycles. The number of amides is 1. The van der Waals surface area contributed by atoms with Gasteiger partial charge < -0.3 is 10.4 Å². The van der Waals surface area contributed by atoms with E-state index in [0.29, 0.717) is 11.3 Å². The first-order valence-corrected chi connectivity index (χ1v) is 5.68. The second kappa shape index (κ2) is 5.93. The summed E-state index contributed by atoms with van der Waals surface area (Å²) >= 11 is 0. The van der Waals surface area contributed by atoms with E-state index in [1.165, 1.54) is 0 Å². The number of aliphatic hydroxyl groups is 1. The number of nitrogens with one attached hydrogen (secondary N) is 1. The highest BCUT2D eigenvalue weighted by Crippen LogP contribution is 2.14. The normalized spacial score (nSPS) is 10.1. The lowest BCUT2D eigenvalue weighted by molar-refractivity contribution is -0.115. The molecular weight excluding hydrogens is 228 g/mol. The van der Waals surface area contributed by atoms with Crippen molar-refractivity contribution in [3.63, 3.8) is 0 Å². The van der Waals surface area contributed by atoms with Gasteiger partial charge in [0.05, 0.1) is 13.0 Å². The molecule has 1 heterocycles. The van der Waals surface area contributed by atoms with E-state index < -0.39 is 0 Å². The van der Waals surface area contributed by atoms with E-state index in [1.807, 2.05) is 24.3 Å². The van der Waals surface area contributed by atoms with Crippen molar-refractivity contribution < 1.29 is 9.90 Å². The number of hydrogen-bond donors (Lipinski definition) is 2. The first-order valence-electron chi connectivity index (χ1n) is 5.68. The Balaban J connectivity index is 2.03. The number of carbonyl (C=O) groups excluding carboxylic acids is 1. The average Bonchev–Trinajstić information content (AvgIpc) is 2.40. The number of benzene rings is 1. The van der Waals surface area contributed by atoms with E-state index in [4.69, 9.17) is 5.11 Å². The Morgan fingerprint density at radius 2 is 1.94 bits per heavy atom. The largest absolute Gasteiger partial charge is 0.392 e. The van der Waals surface area contributed by atoms with Crippen LogP contribution in [0.2, 0.25) is 0 Å². The molecular formula is C14H14N2O2. The highest BCUT2D eigenvalue weighted by Gasteiger charge is 2.07. The van der Waals surface area contributed by atoms with Gasteiger partial charge in [-0.1, -0.05) is 24.3 Å². The molecule has 2 aromatic rings. The maximum atomic E-state index is 11.8. The van der Waals surface area contributed by atoms with Crippen LogP contribution >= 0.6 is 0 Å². The minimum atomic E-state index is -0.144. The Hall–Kier alpha value is -2.20. The average molecular weight is 242 g/mol. The maximum absolute atomic E-state index is 11.8. The second-order valence-electron chi connectivity index (χ2n) is 3.86. The number of aliphatic hydroxyl groups excluding tert-OH is 1. The molecule has 4 heteroatoms. The molecule has 0 radical (unpaired) electrons. The standard InChI is InChI=1S/C14H14N2O2/c17-10-11-5-1-2-7-13(11)16-14(18)9-12-6-3-4-8-15-12/h1-8,17H,9-10H2,(H,16,18). The second-order valence-corrected chi connectivity index (χ2v) is 3.86. The summed E-state index contributed by atoms with van der Waals surface area (Å²) in [6, 6.07) is 12.6. The lowest BCUT2D eigenvalue weighted by atomic mass is 10.2. The molecule has 1 amide bonds. The summed E-state index contributed by atoms with van der Waals surface area (Å²) < 4.78 is 0. The first kappa shape index (κ1) is 12.3. The summed E-state index contributed by atoms with van der Waals surface area (Å²) in [5.74, 6) is -0.144. The van der Waals surface area contributed by atoms with Crippen molar-refractivity contribution in [2.75, 3.05) is 5.32 Å². The van der Waals surface area contributed by atoms with E-state index in [2.05, 4.69) is 10.3 Å². The van der Waals surface area contributed by atoms with Crippen molar-refractivity contribution in [3.05, 3.63) is 59.9 Å². The van der Waals surface area contributed by atoms with Crippen LogP contribution in [0.3, 0.4) is 0 Å². The highest BCUT2D eigenvalue weighted by molar-refractivity contribution is 5.92. The van der Waals surface area contributed by atoms with Gasteiger partial charge in [0.2, 0.25) is 5.91 Å². The number of rotatable bonds is 4. The molecule has 0 unspecified atom stereocenters. The Bertz CT molecular complexity index is 526. The van der Waals surface area contributed by atoms with Gasteiger partial charge in [0.1, 0.15) is 0 Å². The van der Waals surface area contributed by atoms with Crippen LogP contribution in [0.25, 0.3) is 0 Å². The predicted octanol–water partition coefficient (Wildman–Crippen LogP) is 1.76. The summed E-state index contributed by atoms with van der Waals surface area (Å²) in [5.41, 5.74) is 2.06. The van der Waals surface area contributed by atoms with Crippen LogP contribution in [0.5, 0.6) is 0 Å². The molecule has 0 fully saturated rings. The van der Waals surface area contributed by atoms with E-state index in [1.54, 1.807) is 24.4 Å². The minimum absolute atomic E-state index is 0.0972. The van der Waals surface area contributed by atoms with Gasteiger partial charge >= 0.3 is 0 Å². The maximum Gasteiger partial charge on any atom is 0.230 e. The minimum Gasteiger partial charge on any atom is -0.392 e. The lowest BCUT2D eigenvalue weighted by Crippen LogP contribution is -2.16. The zero-order valence-corrected chi connectivity index (χ0v) is 9.84. The van der Waals surface area contributed by atoms with Crippen molar-refractivity contribution in [2.24, 2.45) is 0 Å². The topological polar surface area (TPSA) is 62.2 Å². The number of carbonyl (C=O) groups is 1. The molecule has 0 aliphatic heterocycles. The number of pyridine rings is 1. The molecule has 4 nitrogen and oxygen atoms in total. The third kappa shape index (κ3) is 3.15. The van der Waals surface area contributed by atoms with E-state index in [0.717, 1.165) is 5.69 Å². The van der Waals surface area contributed by atoms with Crippen molar-refractivity contribution in [2.45, 2.75) is 13.0 Å². The fourth-order valence-corrected chi connectivity index (χ4v) is 1.64. The third-order valence-corrected chi connectivity index (χ3v) is 2.53. The van der Waals surface area contributed by atoms with Gasteiger partial charge in [0.15, 0.2) is 0 Å². The molecule has 0 atom stereocenters. The van der Waals surface area contributed by atoms with Crippen LogP contribution in [0.4, 0.5) is 5.69 Å². The SMILES string of the molecule is O=C(Cc1ccccn1)Nc1ccccc1CO. The van der Waals surface area contributed by atoms with Crippen molar-refractivity contribution in [3.8, 4) is 0 Å². The Morgan fingerprint density at radius 3 is 2.67 bits per heavy atom. The van der Waals surface area contributed by atoms with Crippen molar-refractivity contribution in [1.29, 1.82) is 0 Å². The Kier molecular flexibility index (Phi) is 4.04. The van der Waals surface area contributed by atoms with Crippen molar-refractivity contribution in [1.82, 2.24) is 4.98 Å². The van der Waals surface area contributed by atoms with Gasteiger partial charge in [-0.3, -0.25) is 9.78 Å². The van der Waals surface area contributed by atoms with Crippen LogP contribution in [0.15, 0.2) is 48.7 Å². The Labute approximate surface area is 105 Å². The van der Waals surface area contributed by atoms with Gasteiger partial charge in [0, 0.05) is 23.1 Å². The quantitative estimate of drug-likeness (QED) is 0.858. The van der Waals surface area contributed by atoms with Gasteiger partial charge in [-0.25, -0.2) is 0 Å². The fraction of sp³-hybridized carbons (Fsp3) is 0.143. The molecule has 0 bridgehead atoms. The number of aromatic nitrogens is 1. The summed E-state index contributed by atoms with van der Waals surface area (Å²) in [6.07, 6.45) is 1.88. The van der Waals surface area contributed by atoms with Crippen LogP contribution in [-0.4, -0.2) is 16.0 Å². The number of para-hydroxylation sites is 1. The van der Waals surface area contributed by atoms with Crippen molar-refractivity contribution >= 4 is 11.6 Å². The van der Waals surface area contributed by atoms with E-state index in [-0.39, 0.29) is 18.9 Å². The molecule has 2 rings (SSSR count). The van der Waals surface area contributed by atoms with E-state index >= 15 is 0 Å². The molecule has 18 heavy (non-hydrogen) atoms. The van der Waals surface area contributed by atoms with Gasteiger partial charge in [-0.2, -0.15) is 0 Å². The smallest absolute Gasteiger partial charge is 0.230 e. The zero-order valence-electron chi connectivity index (χ0n) is 9.84. The summed E-state index contributed by atoms with van der Waals surface area (Å²) in [6.45, 7) is -0.0972. The molecule has 1 aromatic carbocycles. The third-order valence-electron chi connectivity index (χ3n) is 2.53. The molecule has 92 valence electrons. The first-order chi connectivity index (χ1) is 8.79. The van der Waals surface area contributed by atoms with Gasteiger partial charge in [0.25, 0.3) is 0 Å². The number of nitrogens with zero attached hydrogens (tertiary/aromatic N) is 1. The van der Waals surface area contributed by atoms with Gasteiger partial charge in [-0.15, -0.1) is 0 Å². The molecule has 0 saturated heterocycles. The molecule has 0 aliphatic rings. The predicted molar refractivity (Wildman–Crippen MR) is 68.9 cm³/mol. The molecule has 1 aromatic heterocycles. The van der Waals surface area contributed by atoms with Gasteiger partial charge in [-0.05, 0) is 18.2 Å². The summed E-state index contributed by atoms with van der Waals surface area (Å²) in [5, 5.41) is 11.9. The van der Waals surface area contributed by atoms with Crippen LogP contribution in [0.1, 0.15) is 11.3 Å². The summed E-state index contributed by atoms with van der Waals surface area (Å²) in [7, 11) is 0. The Morgan fingerprint density at radius 1 is 1.17 bits per heavy atom.